The second-order valence-corrected chi connectivity index (χ2v) is 7.32. The van der Waals surface area contributed by atoms with Gasteiger partial charge in [0.15, 0.2) is 0 Å². The Bertz CT molecular complexity index is 407. The molecule has 112 valence electrons. The summed E-state index contributed by atoms with van der Waals surface area (Å²) in [4.78, 5) is 12.2. The molecule has 0 saturated heterocycles. The van der Waals surface area contributed by atoms with E-state index in [-0.39, 0.29) is 17.0 Å². The molecule has 2 aliphatic carbocycles. The quantitative estimate of drug-likeness (QED) is 0.833. The standard InChI is InChI=1S/C16H26N2O2/c1-14(2,3)20-13(19)18-16(10-5-4-6-11-16)15(12-17)8-7-9-15/h4-11H2,1-3H3,(H,18,19). The van der Waals surface area contributed by atoms with Crippen LogP contribution >= 0.6 is 0 Å². The minimum atomic E-state index is -0.501. The molecular formula is C16H26N2O2. The molecule has 2 fully saturated rings. The number of nitrogens with zero attached hydrogens (tertiary/aromatic N) is 1. The van der Waals surface area contributed by atoms with Crippen molar-refractivity contribution < 1.29 is 9.53 Å². The zero-order valence-electron chi connectivity index (χ0n) is 12.9. The van der Waals surface area contributed by atoms with Gasteiger partial charge in [-0.3, -0.25) is 0 Å². The van der Waals surface area contributed by atoms with E-state index in [1.54, 1.807) is 0 Å². The minimum Gasteiger partial charge on any atom is -0.444 e. The summed E-state index contributed by atoms with van der Waals surface area (Å²) in [5, 5.41) is 12.8. The summed E-state index contributed by atoms with van der Waals surface area (Å²) >= 11 is 0. The fourth-order valence-electron chi connectivity index (χ4n) is 3.61. The van der Waals surface area contributed by atoms with Crippen LogP contribution in [0.5, 0.6) is 0 Å². The highest BCUT2D eigenvalue weighted by Gasteiger charge is 2.56. The van der Waals surface area contributed by atoms with Gasteiger partial charge in [-0.05, 0) is 46.5 Å². The van der Waals surface area contributed by atoms with Crippen molar-refractivity contribution in [2.24, 2.45) is 5.41 Å². The maximum Gasteiger partial charge on any atom is 0.408 e. The number of carbonyl (C=O) groups excluding carboxylic acids is 1. The van der Waals surface area contributed by atoms with Gasteiger partial charge in [0.05, 0.1) is 17.0 Å². The summed E-state index contributed by atoms with van der Waals surface area (Å²) in [6, 6.07) is 2.52. The first-order chi connectivity index (χ1) is 9.33. The van der Waals surface area contributed by atoms with E-state index in [1.807, 2.05) is 20.8 Å². The minimum absolute atomic E-state index is 0.371. The summed E-state index contributed by atoms with van der Waals surface area (Å²) in [6.07, 6.45) is 7.68. The second-order valence-electron chi connectivity index (χ2n) is 7.32. The van der Waals surface area contributed by atoms with Crippen LogP contribution in [0.3, 0.4) is 0 Å². The molecule has 0 unspecified atom stereocenters. The maximum absolute atomic E-state index is 12.2. The Morgan fingerprint density at radius 3 is 2.10 bits per heavy atom. The highest BCUT2D eigenvalue weighted by Crippen LogP contribution is 2.54. The van der Waals surface area contributed by atoms with Crippen molar-refractivity contribution in [3.05, 3.63) is 0 Å². The zero-order chi connectivity index (χ0) is 14.9. The molecule has 2 aliphatic rings. The molecule has 0 heterocycles. The lowest BCUT2D eigenvalue weighted by Crippen LogP contribution is -2.63. The van der Waals surface area contributed by atoms with Gasteiger partial charge < -0.3 is 10.1 Å². The van der Waals surface area contributed by atoms with Gasteiger partial charge in [-0.25, -0.2) is 4.79 Å². The lowest BCUT2D eigenvalue weighted by atomic mass is 9.54. The fraction of sp³-hybridized carbons (Fsp3) is 0.875. The van der Waals surface area contributed by atoms with Gasteiger partial charge in [0.2, 0.25) is 0 Å². The smallest absolute Gasteiger partial charge is 0.408 e. The molecule has 0 bridgehead atoms. The number of amides is 1. The molecule has 20 heavy (non-hydrogen) atoms. The van der Waals surface area contributed by atoms with Crippen molar-refractivity contribution >= 4 is 6.09 Å². The Kier molecular flexibility index (Phi) is 4.00. The average molecular weight is 278 g/mol. The van der Waals surface area contributed by atoms with Gasteiger partial charge >= 0.3 is 6.09 Å². The molecule has 2 saturated carbocycles. The molecule has 2 rings (SSSR count). The van der Waals surface area contributed by atoms with E-state index in [0.29, 0.717) is 0 Å². The van der Waals surface area contributed by atoms with Gasteiger partial charge in [0.25, 0.3) is 0 Å². The Morgan fingerprint density at radius 2 is 1.70 bits per heavy atom. The van der Waals surface area contributed by atoms with Crippen molar-refractivity contribution in [3.8, 4) is 6.07 Å². The van der Waals surface area contributed by atoms with Gasteiger partial charge in [-0.1, -0.05) is 25.7 Å². The number of ether oxygens (including phenoxy) is 1. The topological polar surface area (TPSA) is 62.1 Å². The predicted molar refractivity (Wildman–Crippen MR) is 77.1 cm³/mol. The Hall–Kier alpha value is -1.24. The number of nitriles is 1. The average Bonchev–Trinajstić information content (AvgIpc) is 2.26. The van der Waals surface area contributed by atoms with Crippen LogP contribution in [0.15, 0.2) is 0 Å². The molecule has 0 aromatic rings. The third-order valence-corrected chi connectivity index (χ3v) is 4.78. The molecule has 4 heteroatoms. The molecule has 0 aromatic carbocycles. The highest BCUT2D eigenvalue weighted by atomic mass is 16.6. The van der Waals surface area contributed by atoms with Gasteiger partial charge in [0.1, 0.15) is 5.60 Å². The second kappa shape index (κ2) is 5.27. The zero-order valence-corrected chi connectivity index (χ0v) is 12.9. The van der Waals surface area contributed by atoms with Crippen LogP contribution in [-0.2, 0) is 4.74 Å². The van der Waals surface area contributed by atoms with E-state index in [4.69, 9.17) is 4.74 Å². The summed E-state index contributed by atoms with van der Waals surface area (Å²) < 4.78 is 5.41. The number of carbonyl (C=O) groups is 1. The number of alkyl carbamates (subject to hydrolysis) is 1. The van der Waals surface area contributed by atoms with Gasteiger partial charge in [0, 0.05) is 0 Å². The first-order valence-corrected chi connectivity index (χ1v) is 7.75. The SMILES string of the molecule is CC(C)(C)OC(=O)NC1(C2(C#N)CCC2)CCCCC1. The van der Waals surface area contributed by atoms with E-state index >= 15 is 0 Å². The molecule has 0 atom stereocenters. The molecule has 0 radical (unpaired) electrons. The first-order valence-electron chi connectivity index (χ1n) is 7.75. The van der Waals surface area contributed by atoms with Crippen molar-refractivity contribution in [1.29, 1.82) is 5.26 Å². The van der Waals surface area contributed by atoms with E-state index < -0.39 is 5.60 Å². The largest absolute Gasteiger partial charge is 0.444 e. The number of rotatable bonds is 2. The van der Waals surface area contributed by atoms with Crippen molar-refractivity contribution in [3.63, 3.8) is 0 Å². The van der Waals surface area contributed by atoms with Crippen LogP contribution in [0.25, 0.3) is 0 Å². The van der Waals surface area contributed by atoms with E-state index in [9.17, 15) is 10.1 Å². The van der Waals surface area contributed by atoms with E-state index in [1.165, 1.54) is 6.42 Å². The third-order valence-electron chi connectivity index (χ3n) is 4.78. The van der Waals surface area contributed by atoms with Gasteiger partial charge in [-0.2, -0.15) is 5.26 Å². The van der Waals surface area contributed by atoms with Crippen LogP contribution in [0.4, 0.5) is 4.79 Å². The van der Waals surface area contributed by atoms with Crippen molar-refractivity contribution in [1.82, 2.24) is 5.32 Å². The molecule has 1 amide bonds. The molecular weight excluding hydrogens is 252 g/mol. The fourth-order valence-corrected chi connectivity index (χ4v) is 3.61. The summed E-state index contributed by atoms with van der Waals surface area (Å²) in [6.45, 7) is 5.59. The maximum atomic E-state index is 12.2. The van der Waals surface area contributed by atoms with E-state index in [0.717, 1.165) is 44.9 Å². The molecule has 0 spiro atoms. The predicted octanol–water partition coefficient (Wildman–Crippen LogP) is 3.91. The Balaban J connectivity index is 2.16. The van der Waals surface area contributed by atoms with Crippen LogP contribution in [0, 0.1) is 16.7 Å². The summed E-state index contributed by atoms with van der Waals surface area (Å²) in [5.41, 5.74) is -1.25. The Morgan fingerprint density at radius 1 is 1.10 bits per heavy atom. The lowest BCUT2D eigenvalue weighted by Gasteiger charge is -2.53. The molecule has 0 aliphatic heterocycles. The molecule has 0 aromatic heterocycles. The normalized spacial score (nSPS) is 24.1. The lowest BCUT2D eigenvalue weighted by molar-refractivity contribution is 0.000754. The third kappa shape index (κ3) is 2.77. The first kappa shape index (κ1) is 15.2. The van der Waals surface area contributed by atoms with Crippen molar-refractivity contribution in [2.45, 2.75) is 83.3 Å². The van der Waals surface area contributed by atoms with Crippen LogP contribution in [-0.4, -0.2) is 17.2 Å². The number of nitrogens with one attached hydrogen (secondary N) is 1. The van der Waals surface area contributed by atoms with Crippen molar-refractivity contribution in [2.75, 3.05) is 0 Å². The van der Waals surface area contributed by atoms with Crippen LogP contribution in [0.2, 0.25) is 0 Å². The molecule has 4 nitrogen and oxygen atoms in total. The monoisotopic (exact) mass is 278 g/mol. The summed E-state index contributed by atoms with van der Waals surface area (Å²) in [7, 11) is 0. The van der Waals surface area contributed by atoms with E-state index in [2.05, 4.69) is 11.4 Å². The Labute approximate surface area is 121 Å². The van der Waals surface area contributed by atoms with Crippen LogP contribution in [0.1, 0.15) is 72.1 Å². The van der Waals surface area contributed by atoms with Gasteiger partial charge in [-0.15, -0.1) is 0 Å². The molecule has 1 N–H and O–H groups in total. The van der Waals surface area contributed by atoms with Crippen LogP contribution < -0.4 is 5.32 Å². The highest BCUT2D eigenvalue weighted by molar-refractivity contribution is 5.69. The number of hydrogen-bond donors (Lipinski definition) is 1. The number of hydrogen-bond acceptors (Lipinski definition) is 3. The summed E-state index contributed by atoms with van der Waals surface area (Å²) in [5.74, 6) is 0.